The summed E-state index contributed by atoms with van der Waals surface area (Å²) in [4.78, 5) is 11.2. The SMILES string of the molecule is C/C=C/C#N.C=CC#N.N#Cc1ccccc1.N#Cc1ccccn1.N#Cc1cccnc1.N#Cc1ccncc1. The maximum Gasteiger partial charge on any atom is 0.140 e. The lowest BCUT2D eigenvalue weighted by Gasteiger charge is -1.80. The third kappa shape index (κ3) is 24.6. The summed E-state index contributed by atoms with van der Waals surface area (Å²) in [6.07, 6.45) is 12.3. The summed E-state index contributed by atoms with van der Waals surface area (Å²) in [6, 6.07) is 32.6. The monoisotopic (exact) mass is 535 g/mol. The maximum atomic E-state index is 8.29. The van der Waals surface area contributed by atoms with Crippen LogP contribution in [-0.2, 0) is 0 Å². The molecule has 0 bridgehead atoms. The Morgan fingerprint density at radius 1 is 0.585 bits per heavy atom. The minimum Gasteiger partial charge on any atom is -0.265 e. The fourth-order valence-electron chi connectivity index (χ4n) is 1.87. The molecule has 198 valence electrons. The Balaban J connectivity index is 0. The van der Waals surface area contributed by atoms with Crippen LogP contribution in [0.4, 0.5) is 0 Å². The zero-order chi connectivity index (χ0) is 30.8. The van der Waals surface area contributed by atoms with Crippen LogP contribution in [-0.4, -0.2) is 15.0 Å². The Morgan fingerprint density at radius 2 is 1.15 bits per heavy atom. The minimum absolute atomic E-state index is 0.465. The highest BCUT2D eigenvalue weighted by molar-refractivity contribution is 5.27. The van der Waals surface area contributed by atoms with Crippen LogP contribution >= 0.6 is 0 Å². The lowest BCUT2D eigenvalue weighted by molar-refractivity contribution is 1.26. The summed E-state index contributed by atoms with van der Waals surface area (Å²) < 4.78 is 0. The molecule has 3 aromatic heterocycles. The number of benzene rings is 1. The van der Waals surface area contributed by atoms with Crippen molar-refractivity contribution in [3.8, 4) is 36.4 Å². The van der Waals surface area contributed by atoms with E-state index in [0.717, 1.165) is 0 Å². The normalized spacial score (nSPS) is 7.49. The molecule has 0 saturated carbocycles. The van der Waals surface area contributed by atoms with Crippen LogP contribution in [0.1, 0.15) is 29.3 Å². The standard InChI is InChI=1S/C7H5N.3C6H4N2.C4H5N.C3H3N/c8-6-7-4-2-1-3-5-7;7-5-6-1-3-8-4-2-6;7-4-6-2-1-3-8-5-6;7-5-6-3-1-2-4-8-6;1-2-3-4-5;1-2-3-4/h1-5H;1-4H;1-3,5H;1-4H;2-3H,1H3;2H,1H2/b;;;;3-2+;. The van der Waals surface area contributed by atoms with Gasteiger partial charge in [0.05, 0.1) is 41.0 Å². The van der Waals surface area contributed by atoms with Gasteiger partial charge in [-0.2, -0.15) is 31.6 Å². The molecule has 41 heavy (non-hydrogen) atoms. The van der Waals surface area contributed by atoms with Gasteiger partial charge >= 0.3 is 0 Å². The number of hydrogen-bond donors (Lipinski definition) is 0. The van der Waals surface area contributed by atoms with Gasteiger partial charge in [0.1, 0.15) is 17.8 Å². The molecule has 3 heterocycles. The Labute approximate surface area is 240 Å². The lowest BCUT2D eigenvalue weighted by Crippen LogP contribution is -1.75. The average molecular weight is 536 g/mol. The van der Waals surface area contributed by atoms with E-state index < -0.39 is 0 Å². The van der Waals surface area contributed by atoms with Crippen molar-refractivity contribution < 1.29 is 0 Å². The number of rotatable bonds is 0. The zero-order valence-electron chi connectivity index (χ0n) is 22.3. The van der Waals surface area contributed by atoms with Gasteiger partial charge < -0.3 is 0 Å². The molecule has 9 nitrogen and oxygen atoms in total. The predicted molar refractivity (Wildman–Crippen MR) is 154 cm³/mol. The Morgan fingerprint density at radius 3 is 1.44 bits per heavy atom. The van der Waals surface area contributed by atoms with Crippen LogP contribution in [0, 0.1) is 68.0 Å². The van der Waals surface area contributed by atoms with Gasteiger partial charge in [-0.3, -0.25) is 9.97 Å². The first kappa shape index (κ1) is 36.2. The van der Waals surface area contributed by atoms with Crippen molar-refractivity contribution in [2.45, 2.75) is 6.92 Å². The van der Waals surface area contributed by atoms with Crippen LogP contribution < -0.4 is 0 Å². The predicted octanol–water partition coefficient (Wildman–Crippen LogP) is 6.20. The Kier molecular flexibility index (Phi) is 25.9. The molecule has 0 unspecified atom stereocenters. The first-order valence-corrected chi connectivity index (χ1v) is 11.4. The zero-order valence-corrected chi connectivity index (χ0v) is 22.3. The summed E-state index contributed by atoms with van der Waals surface area (Å²) in [5.41, 5.74) is 2.44. The van der Waals surface area contributed by atoms with Crippen molar-refractivity contribution in [3.05, 3.63) is 151 Å². The van der Waals surface area contributed by atoms with Crippen molar-refractivity contribution in [3.63, 3.8) is 0 Å². The molecule has 4 rings (SSSR count). The molecule has 0 radical (unpaired) electrons. The average Bonchev–Trinajstić information content (AvgIpc) is 3.08. The second-order valence-electron chi connectivity index (χ2n) is 6.47. The van der Waals surface area contributed by atoms with E-state index in [-0.39, 0.29) is 0 Å². The molecule has 1 aromatic carbocycles. The molecule has 0 amide bonds. The molecular weight excluding hydrogens is 510 g/mol. The Bertz CT molecular complexity index is 1300. The third-order valence-corrected chi connectivity index (χ3v) is 3.61. The summed E-state index contributed by atoms with van der Waals surface area (Å²) in [5.74, 6) is 0. The smallest absolute Gasteiger partial charge is 0.140 e. The van der Waals surface area contributed by atoms with Gasteiger partial charge in [-0.05, 0) is 55.5 Å². The van der Waals surface area contributed by atoms with Gasteiger partial charge in [-0.25, -0.2) is 4.98 Å². The number of allylic oxidation sites excluding steroid dienone is 3. The number of aromatic nitrogens is 3. The topological polar surface area (TPSA) is 181 Å². The van der Waals surface area contributed by atoms with Crippen LogP contribution in [0.2, 0.25) is 0 Å². The lowest BCUT2D eigenvalue weighted by atomic mass is 10.2. The van der Waals surface area contributed by atoms with Gasteiger partial charge in [-0.15, -0.1) is 0 Å². The van der Waals surface area contributed by atoms with E-state index in [0.29, 0.717) is 22.4 Å². The molecular formula is C32H25N9. The van der Waals surface area contributed by atoms with Crippen LogP contribution in [0.3, 0.4) is 0 Å². The number of nitrogens with zero attached hydrogens (tertiary/aromatic N) is 9. The van der Waals surface area contributed by atoms with Crippen LogP contribution in [0.25, 0.3) is 0 Å². The third-order valence-electron chi connectivity index (χ3n) is 3.61. The minimum atomic E-state index is 0.465. The molecule has 4 aromatic rings. The summed E-state index contributed by atoms with van der Waals surface area (Å²) in [7, 11) is 0. The molecule has 0 aliphatic heterocycles. The van der Waals surface area contributed by atoms with Crippen molar-refractivity contribution in [1.29, 1.82) is 31.6 Å². The van der Waals surface area contributed by atoms with Gasteiger partial charge in [0.15, 0.2) is 0 Å². The second kappa shape index (κ2) is 29.3. The van der Waals surface area contributed by atoms with Crippen LogP contribution in [0.15, 0.2) is 129 Å². The number of nitriles is 6. The highest BCUT2D eigenvalue weighted by atomic mass is 14.7. The highest BCUT2D eigenvalue weighted by Crippen LogP contribution is 1.93. The quantitative estimate of drug-likeness (QED) is 0.237. The van der Waals surface area contributed by atoms with Gasteiger partial charge in [0.25, 0.3) is 0 Å². The van der Waals surface area contributed by atoms with Crippen molar-refractivity contribution in [2.24, 2.45) is 0 Å². The Hall–Kier alpha value is -6.91. The van der Waals surface area contributed by atoms with E-state index in [1.54, 1.807) is 91.5 Å². The molecule has 0 atom stereocenters. The van der Waals surface area contributed by atoms with E-state index in [1.165, 1.54) is 18.3 Å². The fraction of sp³-hybridized carbons (Fsp3) is 0.0312. The van der Waals surface area contributed by atoms with E-state index in [1.807, 2.05) is 55.5 Å². The molecule has 0 saturated heterocycles. The van der Waals surface area contributed by atoms with E-state index in [4.69, 9.17) is 31.6 Å². The van der Waals surface area contributed by atoms with E-state index in [9.17, 15) is 0 Å². The van der Waals surface area contributed by atoms with Crippen LogP contribution in [0.5, 0.6) is 0 Å². The van der Waals surface area contributed by atoms with E-state index in [2.05, 4.69) is 21.5 Å². The fourth-order valence-corrected chi connectivity index (χ4v) is 1.87. The van der Waals surface area contributed by atoms with Crippen molar-refractivity contribution in [2.75, 3.05) is 0 Å². The van der Waals surface area contributed by atoms with Crippen molar-refractivity contribution in [1.82, 2.24) is 15.0 Å². The molecule has 0 spiro atoms. The molecule has 0 aliphatic carbocycles. The summed E-state index contributed by atoms with van der Waals surface area (Å²) in [5, 5.41) is 48.3. The maximum absolute atomic E-state index is 8.29. The van der Waals surface area contributed by atoms with Crippen molar-refractivity contribution >= 4 is 0 Å². The van der Waals surface area contributed by atoms with Gasteiger partial charge in [0, 0.05) is 43.1 Å². The second-order valence-corrected chi connectivity index (χ2v) is 6.47. The molecule has 0 aliphatic rings. The number of hydrogen-bond acceptors (Lipinski definition) is 9. The highest BCUT2D eigenvalue weighted by Gasteiger charge is 1.82. The molecule has 0 N–H and O–H groups in total. The van der Waals surface area contributed by atoms with Gasteiger partial charge in [-0.1, -0.05) is 36.9 Å². The first-order valence-electron chi connectivity index (χ1n) is 11.4. The van der Waals surface area contributed by atoms with Gasteiger partial charge in [0.2, 0.25) is 0 Å². The summed E-state index contributed by atoms with van der Waals surface area (Å²) >= 11 is 0. The summed E-state index contributed by atoms with van der Waals surface area (Å²) in [6.45, 7) is 4.93. The first-order chi connectivity index (χ1) is 20.1. The molecule has 0 fully saturated rings. The molecule has 9 heteroatoms. The largest absolute Gasteiger partial charge is 0.265 e. The van der Waals surface area contributed by atoms with E-state index >= 15 is 0 Å². The number of pyridine rings is 3.